The lowest BCUT2D eigenvalue weighted by Crippen LogP contribution is -2.34. The van der Waals surface area contributed by atoms with Crippen molar-refractivity contribution in [3.8, 4) is 0 Å². The lowest BCUT2D eigenvalue weighted by Gasteiger charge is -2.19. The summed E-state index contributed by atoms with van der Waals surface area (Å²) in [6, 6.07) is 7.55. The highest BCUT2D eigenvalue weighted by Crippen LogP contribution is 2.33. The van der Waals surface area contributed by atoms with Gasteiger partial charge in [0.2, 0.25) is 0 Å². The van der Waals surface area contributed by atoms with Crippen molar-refractivity contribution in [3.63, 3.8) is 0 Å². The first-order chi connectivity index (χ1) is 14.4. The van der Waals surface area contributed by atoms with E-state index < -0.39 is 0 Å². The van der Waals surface area contributed by atoms with E-state index in [0.717, 1.165) is 27.2 Å². The van der Waals surface area contributed by atoms with Gasteiger partial charge in [0.25, 0.3) is 5.91 Å². The van der Waals surface area contributed by atoms with Crippen molar-refractivity contribution in [2.45, 2.75) is 40.8 Å². The molecule has 156 valence electrons. The molecule has 0 aliphatic carbocycles. The van der Waals surface area contributed by atoms with Gasteiger partial charge >= 0.3 is 0 Å². The first-order valence-electron chi connectivity index (χ1n) is 9.78. The average Bonchev–Trinajstić information content (AvgIpc) is 3.40. The Morgan fingerprint density at radius 2 is 2.00 bits per heavy atom. The summed E-state index contributed by atoms with van der Waals surface area (Å²) in [6.45, 7) is 9.65. The molecule has 4 rings (SSSR count). The van der Waals surface area contributed by atoms with Crippen LogP contribution in [0.1, 0.15) is 34.4 Å². The zero-order chi connectivity index (χ0) is 21.4. The molecular weight excluding hydrogens is 420 g/mol. The molecule has 7 nitrogen and oxygen atoms in total. The molecule has 1 aromatic carbocycles. The van der Waals surface area contributed by atoms with Crippen molar-refractivity contribution in [1.29, 1.82) is 0 Å². The average molecular weight is 443 g/mol. The molecule has 3 aromatic heterocycles. The Morgan fingerprint density at radius 3 is 2.67 bits per heavy atom. The van der Waals surface area contributed by atoms with Gasteiger partial charge in [-0.2, -0.15) is 10.2 Å². The lowest BCUT2D eigenvalue weighted by atomic mass is 10.2. The van der Waals surface area contributed by atoms with Crippen molar-refractivity contribution >= 4 is 44.2 Å². The number of amides is 1. The zero-order valence-corrected chi connectivity index (χ0v) is 19.0. The quantitative estimate of drug-likeness (QED) is 0.436. The molecule has 0 saturated carbocycles. The summed E-state index contributed by atoms with van der Waals surface area (Å²) in [5.41, 5.74) is 4.27. The first kappa shape index (κ1) is 20.6. The lowest BCUT2D eigenvalue weighted by molar-refractivity contribution is 0.0980. The zero-order valence-electron chi connectivity index (χ0n) is 17.4. The van der Waals surface area contributed by atoms with Gasteiger partial charge in [0.05, 0.1) is 22.5 Å². The third kappa shape index (κ3) is 3.97. The molecular formula is C21H23ClN6OS. The Bertz CT molecular complexity index is 1220. The second-order valence-electron chi connectivity index (χ2n) is 7.23. The molecule has 30 heavy (non-hydrogen) atoms. The van der Waals surface area contributed by atoms with Gasteiger partial charge in [-0.3, -0.25) is 19.1 Å². The highest BCUT2D eigenvalue weighted by atomic mass is 35.5. The number of aromatic nitrogens is 5. The predicted octanol–water partition coefficient (Wildman–Crippen LogP) is 4.63. The van der Waals surface area contributed by atoms with E-state index in [2.05, 4.69) is 10.2 Å². The van der Waals surface area contributed by atoms with Crippen LogP contribution in [0.4, 0.5) is 5.13 Å². The molecule has 0 fully saturated rings. The van der Waals surface area contributed by atoms with E-state index in [1.807, 2.05) is 56.8 Å². The predicted molar refractivity (Wildman–Crippen MR) is 121 cm³/mol. The number of carbonyl (C=O) groups excluding carboxylic acids is 1. The Kier molecular flexibility index (Phi) is 5.62. The van der Waals surface area contributed by atoms with Crippen LogP contribution < -0.4 is 4.90 Å². The Hall–Kier alpha value is -2.71. The van der Waals surface area contributed by atoms with E-state index >= 15 is 0 Å². The van der Waals surface area contributed by atoms with Crippen LogP contribution in [0.25, 0.3) is 10.2 Å². The second-order valence-corrected chi connectivity index (χ2v) is 8.68. The minimum absolute atomic E-state index is 0.175. The van der Waals surface area contributed by atoms with Gasteiger partial charge in [0, 0.05) is 30.0 Å². The minimum atomic E-state index is -0.175. The molecule has 9 heteroatoms. The maximum atomic E-state index is 13.4. The SMILES string of the molecule is CCn1ccc(C(=O)N(CCn2nc(C)cc2C)c2nc3c(C)cc(Cl)cc3s2)n1. The first-order valence-corrected chi connectivity index (χ1v) is 11.0. The summed E-state index contributed by atoms with van der Waals surface area (Å²) >= 11 is 7.68. The van der Waals surface area contributed by atoms with Crippen molar-refractivity contribution in [3.05, 3.63) is 58.1 Å². The molecule has 0 radical (unpaired) electrons. The van der Waals surface area contributed by atoms with E-state index in [-0.39, 0.29) is 5.91 Å². The molecule has 0 aliphatic rings. The van der Waals surface area contributed by atoms with Crippen LogP contribution in [-0.2, 0) is 13.1 Å². The van der Waals surface area contributed by atoms with Gasteiger partial charge in [-0.15, -0.1) is 0 Å². The van der Waals surface area contributed by atoms with E-state index in [4.69, 9.17) is 16.6 Å². The molecule has 0 spiro atoms. The van der Waals surface area contributed by atoms with Crippen LogP contribution in [0.5, 0.6) is 0 Å². The third-order valence-electron chi connectivity index (χ3n) is 4.94. The van der Waals surface area contributed by atoms with Crippen LogP contribution in [-0.4, -0.2) is 37.0 Å². The number of fused-ring (bicyclic) bond motifs is 1. The molecule has 1 amide bonds. The Balaban J connectivity index is 1.71. The van der Waals surface area contributed by atoms with Crippen LogP contribution >= 0.6 is 22.9 Å². The fraction of sp³-hybridized carbons (Fsp3) is 0.333. The normalized spacial score (nSPS) is 11.4. The van der Waals surface area contributed by atoms with Gasteiger partial charge < -0.3 is 0 Å². The number of halogens is 1. The number of rotatable bonds is 6. The topological polar surface area (TPSA) is 68.8 Å². The van der Waals surface area contributed by atoms with E-state index in [0.29, 0.717) is 35.5 Å². The number of nitrogens with zero attached hydrogens (tertiary/aromatic N) is 6. The number of hydrogen-bond donors (Lipinski definition) is 0. The summed E-state index contributed by atoms with van der Waals surface area (Å²) in [5.74, 6) is -0.175. The molecule has 4 aromatic rings. The van der Waals surface area contributed by atoms with Gasteiger partial charge in [0.15, 0.2) is 10.8 Å². The minimum Gasteiger partial charge on any atom is -0.281 e. The number of aryl methyl sites for hydroxylation is 4. The standard InChI is InChI=1S/C21H23ClN6OS/c1-5-26-7-6-17(25-26)20(29)27(8-9-28-15(4)11-14(3)24-28)21-23-19-13(2)10-16(22)12-18(19)30-21/h6-7,10-12H,5,8-9H2,1-4H3. The molecule has 0 unspecified atom stereocenters. The van der Waals surface area contributed by atoms with Crippen LogP contribution in [0, 0.1) is 20.8 Å². The number of carbonyl (C=O) groups is 1. The van der Waals surface area contributed by atoms with Gasteiger partial charge in [-0.25, -0.2) is 4.98 Å². The van der Waals surface area contributed by atoms with Crippen molar-refractivity contribution in [2.75, 3.05) is 11.4 Å². The Labute approximate surface area is 183 Å². The fourth-order valence-electron chi connectivity index (χ4n) is 3.43. The van der Waals surface area contributed by atoms with Crippen molar-refractivity contribution in [2.24, 2.45) is 0 Å². The maximum Gasteiger partial charge on any atom is 0.280 e. The van der Waals surface area contributed by atoms with Gasteiger partial charge in [0.1, 0.15) is 0 Å². The summed E-state index contributed by atoms with van der Waals surface area (Å²) in [4.78, 5) is 19.8. The van der Waals surface area contributed by atoms with Crippen molar-refractivity contribution in [1.82, 2.24) is 24.5 Å². The fourth-order valence-corrected chi connectivity index (χ4v) is 4.87. The second kappa shape index (κ2) is 8.20. The monoisotopic (exact) mass is 442 g/mol. The Morgan fingerprint density at radius 1 is 1.20 bits per heavy atom. The summed E-state index contributed by atoms with van der Waals surface area (Å²) in [5, 5.41) is 10.2. The molecule has 0 N–H and O–H groups in total. The van der Waals surface area contributed by atoms with E-state index in [9.17, 15) is 4.79 Å². The molecule has 0 atom stereocenters. The van der Waals surface area contributed by atoms with E-state index in [1.165, 1.54) is 11.3 Å². The smallest absolute Gasteiger partial charge is 0.280 e. The maximum absolute atomic E-state index is 13.4. The highest BCUT2D eigenvalue weighted by Gasteiger charge is 2.24. The number of hydrogen-bond acceptors (Lipinski definition) is 5. The summed E-state index contributed by atoms with van der Waals surface area (Å²) in [6.07, 6.45) is 1.81. The van der Waals surface area contributed by atoms with E-state index in [1.54, 1.807) is 15.6 Å². The van der Waals surface area contributed by atoms with Crippen molar-refractivity contribution < 1.29 is 4.79 Å². The van der Waals surface area contributed by atoms with Crippen LogP contribution in [0.15, 0.2) is 30.5 Å². The number of thiazole rings is 1. The summed E-state index contributed by atoms with van der Waals surface area (Å²) < 4.78 is 4.61. The highest BCUT2D eigenvalue weighted by molar-refractivity contribution is 7.22. The number of anilines is 1. The largest absolute Gasteiger partial charge is 0.281 e. The van der Waals surface area contributed by atoms with Gasteiger partial charge in [-0.1, -0.05) is 22.9 Å². The van der Waals surface area contributed by atoms with Crippen LogP contribution in [0.3, 0.4) is 0 Å². The summed E-state index contributed by atoms with van der Waals surface area (Å²) in [7, 11) is 0. The van der Waals surface area contributed by atoms with Crippen LogP contribution in [0.2, 0.25) is 5.02 Å². The number of benzene rings is 1. The molecule has 0 saturated heterocycles. The third-order valence-corrected chi connectivity index (χ3v) is 6.18. The molecule has 0 bridgehead atoms. The molecule has 0 aliphatic heterocycles. The molecule has 3 heterocycles. The van der Waals surface area contributed by atoms with Gasteiger partial charge in [-0.05, 0) is 57.5 Å².